The van der Waals surface area contributed by atoms with Gasteiger partial charge in [0.25, 0.3) is 0 Å². The van der Waals surface area contributed by atoms with Crippen LogP contribution in [-0.4, -0.2) is 0 Å². The Bertz CT molecular complexity index is 1090. The molecule has 0 aromatic heterocycles. The van der Waals surface area contributed by atoms with Gasteiger partial charge in [0.1, 0.15) is 0 Å². The third-order valence-electron chi connectivity index (χ3n) is 7.51. The van der Waals surface area contributed by atoms with Crippen LogP contribution in [0.4, 0.5) is 0 Å². The molecule has 0 nitrogen and oxygen atoms in total. The molecule has 1 fully saturated rings. The maximum atomic E-state index is 4.69. The van der Waals surface area contributed by atoms with Crippen molar-refractivity contribution in [2.45, 2.75) is 66.2 Å². The van der Waals surface area contributed by atoms with Crippen molar-refractivity contribution in [3.8, 4) is 0 Å². The number of allylic oxidation sites excluding steroid dienone is 11. The Labute approximate surface area is 195 Å². The van der Waals surface area contributed by atoms with Crippen molar-refractivity contribution >= 4 is 6.08 Å². The van der Waals surface area contributed by atoms with E-state index in [-0.39, 0.29) is 0 Å². The van der Waals surface area contributed by atoms with E-state index in [0.717, 1.165) is 38.5 Å². The van der Waals surface area contributed by atoms with Crippen molar-refractivity contribution in [2.24, 2.45) is 11.8 Å². The van der Waals surface area contributed by atoms with Gasteiger partial charge in [-0.3, -0.25) is 0 Å². The van der Waals surface area contributed by atoms with Crippen LogP contribution in [0.3, 0.4) is 0 Å². The summed E-state index contributed by atoms with van der Waals surface area (Å²) < 4.78 is 0. The van der Waals surface area contributed by atoms with Crippen LogP contribution in [0.15, 0.2) is 94.7 Å². The normalized spacial score (nSPS) is 23.6. The smallest absolute Gasteiger partial charge is 0.0166 e. The average molecular weight is 423 g/mol. The largest absolute Gasteiger partial charge is 0.0955 e. The monoisotopic (exact) mass is 422 g/mol. The van der Waals surface area contributed by atoms with Gasteiger partial charge < -0.3 is 0 Å². The Kier molecular flexibility index (Phi) is 6.70. The molecule has 4 rings (SSSR count). The second-order valence-corrected chi connectivity index (χ2v) is 9.61. The maximum absolute atomic E-state index is 4.69. The van der Waals surface area contributed by atoms with Gasteiger partial charge in [0.05, 0.1) is 0 Å². The average Bonchev–Trinajstić information content (AvgIpc) is 3.41. The molecular weight excluding hydrogens is 384 g/mol. The van der Waals surface area contributed by atoms with Crippen LogP contribution in [0.5, 0.6) is 0 Å². The summed E-state index contributed by atoms with van der Waals surface area (Å²) in [6, 6.07) is 6.97. The summed E-state index contributed by atoms with van der Waals surface area (Å²) in [4.78, 5) is 0. The Morgan fingerprint density at radius 2 is 1.91 bits per heavy atom. The summed E-state index contributed by atoms with van der Waals surface area (Å²) in [6.07, 6.45) is 18.2. The molecule has 1 aromatic carbocycles. The summed E-state index contributed by atoms with van der Waals surface area (Å²) in [7, 11) is 0. The van der Waals surface area contributed by atoms with Crippen molar-refractivity contribution < 1.29 is 0 Å². The molecule has 0 N–H and O–H groups in total. The van der Waals surface area contributed by atoms with Crippen molar-refractivity contribution in [1.29, 1.82) is 0 Å². The SMILES string of the molecule is C=C(CCC)C1=C(C)C=C2CC(=Cc3cc(CC)ccc3CC)C(=C)C2C1C1=CC=CC1. The van der Waals surface area contributed by atoms with Gasteiger partial charge in [-0.25, -0.2) is 0 Å². The minimum atomic E-state index is 0.374. The number of rotatable bonds is 7. The topological polar surface area (TPSA) is 0 Å². The van der Waals surface area contributed by atoms with Gasteiger partial charge in [-0.05, 0) is 78.0 Å². The number of fused-ring (bicyclic) bond motifs is 1. The Morgan fingerprint density at radius 1 is 1.09 bits per heavy atom. The molecule has 0 bridgehead atoms. The zero-order valence-electron chi connectivity index (χ0n) is 20.4. The number of aryl methyl sites for hydroxylation is 2. The minimum absolute atomic E-state index is 0.374. The zero-order chi connectivity index (χ0) is 22.8. The van der Waals surface area contributed by atoms with E-state index in [1.54, 1.807) is 0 Å². The van der Waals surface area contributed by atoms with Gasteiger partial charge in [-0.15, -0.1) is 0 Å². The first-order valence-electron chi connectivity index (χ1n) is 12.4. The fourth-order valence-corrected chi connectivity index (χ4v) is 5.87. The van der Waals surface area contributed by atoms with E-state index in [0.29, 0.717) is 11.8 Å². The van der Waals surface area contributed by atoms with Gasteiger partial charge in [0.15, 0.2) is 0 Å². The molecule has 1 saturated carbocycles. The molecule has 0 aliphatic heterocycles. The zero-order valence-corrected chi connectivity index (χ0v) is 20.4. The number of hydrogen-bond acceptors (Lipinski definition) is 0. The van der Waals surface area contributed by atoms with E-state index >= 15 is 0 Å². The molecule has 3 aliphatic rings. The first-order valence-corrected chi connectivity index (χ1v) is 12.4. The highest BCUT2D eigenvalue weighted by Gasteiger charge is 2.41. The molecule has 2 atom stereocenters. The number of hydrogen-bond donors (Lipinski definition) is 0. The van der Waals surface area contributed by atoms with E-state index in [9.17, 15) is 0 Å². The summed E-state index contributed by atoms with van der Waals surface area (Å²) in [5, 5.41) is 0. The minimum Gasteiger partial charge on any atom is -0.0955 e. The van der Waals surface area contributed by atoms with Crippen LogP contribution < -0.4 is 0 Å². The highest BCUT2D eigenvalue weighted by Crippen LogP contribution is 2.54. The van der Waals surface area contributed by atoms with Gasteiger partial charge in [0, 0.05) is 11.8 Å². The lowest BCUT2D eigenvalue weighted by Crippen LogP contribution is -2.24. The Balaban J connectivity index is 1.76. The van der Waals surface area contributed by atoms with Crippen LogP contribution in [-0.2, 0) is 12.8 Å². The van der Waals surface area contributed by atoms with E-state index in [1.807, 2.05) is 0 Å². The van der Waals surface area contributed by atoms with Gasteiger partial charge in [0.2, 0.25) is 0 Å². The van der Waals surface area contributed by atoms with Crippen molar-refractivity contribution in [2.75, 3.05) is 0 Å². The summed E-state index contributed by atoms with van der Waals surface area (Å²) in [5.41, 5.74) is 14.2. The van der Waals surface area contributed by atoms with E-state index in [4.69, 9.17) is 6.58 Å². The number of benzene rings is 1. The lowest BCUT2D eigenvalue weighted by molar-refractivity contribution is 0.555. The van der Waals surface area contributed by atoms with Gasteiger partial charge >= 0.3 is 0 Å². The molecule has 1 aromatic rings. The third kappa shape index (κ3) is 4.08. The molecule has 0 amide bonds. The van der Waals surface area contributed by atoms with E-state index in [1.165, 1.54) is 55.7 Å². The fraction of sp³-hybridized carbons (Fsp3) is 0.375. The first-order chi connectivity index (χ1) is 15.5. The second-order valence-electron chi connectivity index (χ2n) is 9.61. The maximum Gasteiger partial charge on any atom is 0.0166 e. The molecule has 0 spiro atoms. The predicted molar refractivity (Wildman–Crippen MR) is 141 cm³/mol. The van der Waals surface area contributed by atoms with Gasteiger partial charge in [-0.1, -0.05) is 106 Å². The third-order valence-corrected chi connectivity index (χ3v) is 7.51. The Hall–Kier alpha value is -2.60. The van der Waals surface area contributed by atoms with Crippen molar-refractivity contribution in [1.82, 2.24) is 0 Å². The molecule has 32 heavy (non-hydrogen) atoms. The molecule has 3 aliphatic carbocycles. The summed E-state index contributed by atoms with van der Waals surface area (Å²) in [6.45, 7) is 18.3. The van der Waals surface area contributed by atoms with Crippen LogP contribution in [0.1, 0.15) is 70.1 Å². The predicted octanol–water partition coefficient (Wildman–Crippen LogP) is 8.89. The first kappa shape index (κ1) is 22.6. The molecule has 0 saturated heterocycles. The quantitative estimate of drug-likeness (QED) is 0.411. The summed E-state index contributed by atoms with van der Waals surface area (Å²) >= 11 is 0. The van der Waals surface area contributed by atoms with Gasteiger partial charge in [-0.2, -0.15) is 0 Å². The molecule has 0 heteroatoms. The molecule has 166 valence electrons. The van der Waals surface area contributed by atoms with Crippen LogP contribution in [0.2, 0.25) is 0 Å². The standard InChI is InChI=1S/C32H38/c1-7-12-21(4)30-22(5)17-29-20-27(19-28-18-24(8-2)15-16-25(28)9-3)23(6)31(29)32(30)26-13-10-11-14-26/h10-11,13,15-19,31-32H,4,6-9,12,14,20H2,1-3,5H3. The van der Waals surface area contributed by atoms with Crippen LogP contribution in [0.25, 0.3) is 6.08 Å². The molecule has 0 radical (unpaired) electrons. The molecule has 2 unspecified atom stereocenters. The fourth-order valence-electron chi connectivity index (χ4n) is 5.87. The van der Waals surface area contributed by atoms with Crippen molar-refractivity contribution in [3.05, 3.63) is 111 Å². The van der Waals surface area contributed by atoms with E-state index in [2.05, 4.69) is 82.9 Å². The highest BCUT2D eigenvalue weighted by atomic mass is 14.4. The van der Waals surface area contributed by atoms with E-state index < -0.39 is 0 Å². The lowest BCUT2D eigenvalue weighted by Gasteiger charge is -2.35. The summed E-state index contributed by atoms with van der Waals surface area (Å²) in [5.74, 6) is 0.759. The second kappa shape index (κ2) is 9.49. The molecule has 0 heterocycles. The van der Waals surface area contributed by atoms with Crippen molar-refractivity contribution in [3.63, 3.8) is 0 Å². The van der Waals surface area contributed by atoms with Crippen LogP contribution >= 0.6 is 0 Å². The van der Waals surface area contributed by atoms with Crippen LogP contribution in [0, 0.1) is 11.8 Å². The molecular formula is C32H38. The highest BCUT2D eigenvalue weighted by molar-refractivity contribution is 5.68. The lowest BCUT2D eigenvalue weighted by atomic mass is 9.68. The Morgan fingerprint density at radius 3 is 2.56 bits per heavy atom.